The summed E-state index contributed by atoms with van der Waals surface area (Å²) in [5.74, 6) is -0.230. The second-order valence-corrected chi connectivity index (χ2v) is 4.26. The molecule has 2 heterocycles. The monoisotopic (exact) mass is 292 g/mol. The van der Waals surface area contributed by atoms with Gasteiger partial charge in [-0.05, 0) is 24.3 Å². The number of carbonyl (C=O) groups excluding carboxylic acids is 1. The molecule has 2 aromatic rings. The van der Waals surface area contributed by atoms with Crippen LogP contribution in [-0.4, -0.2) is 15.9 Å². The van der Waals surface area contributed by atoms with Gasteiger partial charge >= 0.3 is 0 Å². The standard InChI is InChI=1S/C12H6Cl2N4O/c13-8-2-3-9(14)17-11(8)12(19)18-10-4-1-7(5-15)6-16-10/h1-4,6H,(H,16,18,19). The average molecular weight is 293 g/mol. The number of pyridine rings is 2. The summed E-state index contributed by atoms with van der Waals surface area (Å²) in [4.78, 5) is 19.7. The van der Waals surface area contributed by atoms with E-state index in [2.05, 4.69) is 15.3 Å². The predicted molar refractivity (Wildman–Crippen MR) is 71.2 cm³/mol. The van der Waals surface area contributed by atoms with Crippen molar-refractivity contribution >= 4 is 34.9 Å². The zero-order valence-corrected chi connectivity index (χ0v) is 10.9. The topological polar surface area (TPSA) is 78.7 Å². The highest BCUT2D eigenvalue weighted by Gasteiger charge is 2.13. The molecule has 7 heteroatoms. The molecule has 0 radical (unpaired) electrons. The Morgan fingerprint density at radius 1 is 1.26 bits per heavy atom. The van der Waals surface area contributed by atoms with Gasteiger partial charge in [-0.15, -0.1) is 0 Å². The number of hydrogen-bond donors (Lipinski definition) is 1. The van der Waals surface area contributed by atoms with Gasteiger partial charge in [-0.3, -0.25) is 4.79 Å². The first-order valence-electron chi connectivity index (χ1n) is 5.09. The van der Waals surface area contributed by atoms with E-state index in [1.165, 1.54) is 30.5 Å². The fourth-order valence-corrected chi connectivity index (χ4v) is 1.63. The van der Waals surface area contributed by atoms with Crippen molar-refractivity contribution in [3.63, 3.8) is 0 Å². The highest BCUT2D eigenvalue weighted by Crippen LogP contribution is 2.18. The molecule has 5 nitrogen and oxygen atoms in total. The average Bonchev–Trinajstić information content (AvgIpc) is 2.42. The maximum Gasteiger partial charge on any atom is 0.277 e. The Balaban J connectivity index is 2.21. The van der Waals surface area contributed by atoms with Crippen molar-refractivity contribution in [1.82, 2.24) is 9.97 Å². The number of nitriles is 1. The number of nitrogens with one attached hydrogen (secondary N) is 1. The highest BCUT2D eigenvalue weighted by molar-refractivity contribution is 6.35. The largest absolute Gasteiger partial charge is 0.305 e. The van der Waals surface area contributed by atoms with Gasteiger partial charge in [0.1, 0.15) is 22.7 Å². The van der Waals surface area contributed by atoms with Crippen LogP contribution in [0.1, 0.15) is 16.1 Å². The third-order valence-electron chi connectivity index (χ3n) is 2.16. The molecule has 1 N–H and O–H groups in total. The molecule has 0 spiro atoms. The first-order chi connectivity index (χ1) is 9.10. The minimum atomic E-state index is -0.523. The Morgan fingerprint density at radius 2 is 2.05 bits per heavy atom. The molecule has 0 aliphatic carbocycles. The van der Waals surface area contributed by atoms with E-state index in [4.69, 9.17) is 28.5 Å². The number of carbonyl (C=O) groups is 1. The zero-order chi connectivity index (χ0) is 13.8. The summed E-state index contributed by atoms with van der Waals surface area (Å²) in [5, 5.41) is 11.5. The lowest BCUT2D eigenvalue weighted by atomic mass is 10.3. The van der Waals surface area contributed by atoms with Crippen molar-refractivity contribution in [3.8, 4) is 6.07 Å². The van der Waals surface area contributed by atoms with Crippen LogP contribution in [0.5, 0.6) is 0 Å². The SMILES string of the molecule is N#Cc1ccc(NC(=O)c2nc(Cl)ccc2Cl)nc1. The van der Waals surface area contributed by atoms with E-state index in [1.807, 2.05) is 6.07 Å². The molecule has 2 aromatic heterocycles. The summed E-state index contributed by atoms with van der Waals surface area (Å²) in [7, 11) is 0. The van der Waals surface area contributed by atoms with Crippen LogP contribution in [0, 0.1) is 11.3 Å². The molecule has 2 rings (SSSR count). The Hall–Kier alpha value is -2.16. The smallest absolute Gasteiger partial charge is 0.277 e. The van der Waals surface area contributed by atoms with Crippen molar-refractivity contribution in [3.05, 3.63) is 51.9 Å². The fraction of sp³-hybridized carbons (Fsp3) is 0. The Kier molecular flexibility index (Phi) is 3.95. The second-order valence-electron chi connectivity index (χ2n) is 3.46. The lowest BCUT2D eigenvalue weighted by Gasteiger charge is -2.05. The molecule has 94 valence electrons. The van der Waals surface area contributed by atoms with Crippen LogP contribution in [0.15, 0.2) is 30.5 Å². The maximum absolute atomic E-state index is 11.9. The van der Waals surface area contributed by atoms with Crippen LogP contribution in [0.3, 0.4) is 0 Å². The second kappa shape index (κ2) is 5.65. The number of amides is 1. The molecule has 0 unspecified atom stereocenters. The van der Waals surface area contributed by atoms with E-state index in [9.17, 15) is 4.79 Å². The van der Waals surface area contributed by atoms with Gasteiger partial charge in [0.15, 0.2) is 0 Å². The summed E-state index contributed by atoms with van der Waals surface area (Å²) < 4.78 is 0. The molecule has 1 amide bonds. The number of nitrogens with zero attached hydrogens (tertiary/aromatic N) is 3. The van der Waals surface area contributed by atoms with Gasteiger partial charge in [0.05, 0.1) is 10.6 Å². The molecule has 0 atom stereocenters. The molecule has 0 aliphatic heterocycles. The van der Waals surface area contributed by atoms with Gasteiger partial charge in [-0.1, -0.05) is 23.2 Å². The van der Waals surface area contributed by atoms with Gasteiger partial charge in [0.2, 0.25) is 0 Å². The summed E-state index contributed by atoms with van der Waals surface area (Å²) in [5.41, 5.74) is 0.414. The van der Waals surface area contributed by atoms with E-state index in [0.29, 0.717) is 11.4 Å². The summed E-state index contributed by atoms with van der Waals surface area (Å²) in [6, 6.07) is 7.95. The van der Waals surface area contributed by atoms with Crippen LogP contribution in [-0.2, 0) is 0 Å². The van der Waals surface area contributed by atoms with Crippen molar-refractivity contribution in [2.24, 2.45) is 0 Å². The van der Waals surface area contributed by atoms with Gasteiger partial charge in [-0.2, -0.15) is 5.26 Å². The van der Waals surface area contributed by atoms with Crippen LogP contribution in [0.4, 0.5) is 5.82 Å². The Labute approximate surface area is 118 Å². The third kappa shape index (κ3) is 3.19. The van der Waals surface area contributed by atoms with Crippen molar-refractivity contribution in [2.75, 3.05) is 5.32 Å². The number of rotatable bonds is 2. The van der Waals surface area contributed by atoms with E-state index >= 15 is 0 Å². The molecule has 0 aliphatic rings. The molecule has 0 bridgehead atoms. The molecule has 19 heavy (non-hydrogen) atoms. The number of anilines is 1. The molecule has 0 saturated carbocycles. The first kappa shape index (κ1) is 13.3. The highest BCUT2D eigenvalue weighted by atomic mass is 35.5. The van der Waals surface area contributed by atoms with Crippen LogP contribution in [0.2, 0.25) is 10.2 Å². The summed E-state index contributed by atoms with van der Waals surface area (Å²) in [6.45, 7) is 0. The summed E-state index contributed by atoms with van der Waals surface area (Å²) in [6.07, 6.45) is 1.35. The Morgan fingerprint density at radius 3 is 2.68 bits per heavy atom. The molecule has 0 aromatic carbocycles. The lowest BCUT2D eigenvalue weighted by molar-refractivity contribution is 0.102. The lowest BCUT2D eigenvalue weighted by Crippen LogP contribution is -2.15. The van der Waals surface area contributed by atoms with Crippen LogP contribution >= 0.6 is 23.2 Å². The van der Waals surface area contributed by atoms with E-state index in [0.717, 1.165) is 0 Å². The fourth-order valence-electron chi connectivity index (χ4n) is 1.29. The molecule has 0 fully saturated rings. The van der Waals surface area contributed by atoms with E-state index in [1.54, 1.807) is 0 Å². The van der Waals surface area contributed by atoms with Gasteiger partial charge in [0, 0.05) is 6.20 Å². The normalized spacial score (nSPS) is 9.74. The van der Waals surface area contributed by atoms with Crippen molar-refractivity contribution < 1.29 is 4.79 Å². The first-order valence-corrected chi connectivity index (χ1v) is 5.85. The van der Waals surface area contributed by atoms with Crippen molar-refractivity contribution in [2.45, 2.75) is 0 Å². The molecular weight excluding hydrogens is 287 g/mol. The third-order valence-corrected chi connectivity index (χ3v) is 2.68. The minimum Gasteiger partial charge on any atom is -0.305 e. The molecule has 0 saturated heterocycles. The van der Waals surface area contributed by atoms with Gasteiger partial charge in [-0.25, -0.2) is 9.97 Å². The van der Waals surface area contributed by atoms with Gasteiger partial charge in [0.25, 0.3) is 5.91 Å². The van der Waals surface area contributed by atoms with Crippen LogP contribution in [0.25, 0.3) is 0 Å². The molecular formula is C12H6Cl2N4O. The number of hydrogen-bond acceptors (Lipinski definition) is 4. The van der Waals surface area contributed by atoms with Crippen molar-refractivity contribution in [1.29, 1.82) is 5.26 Å². The maximum atomic E-state index is 11.9. The van der Waals surface area contributed by atoms with Crippen LogP contribution < -0.4 is 5.32 Å². The zero-order valence-electron chi connectivity index (χ0n) is 9.39. The van der Waals surface area contributed by atoms with E-state index < -0.39 is 5.91 Å². The number of aromatic nitrogens is 2. The predicted octanol–water partition coefficient (Wildman–Crippen LogP) is 2.91. The number of halogens is 2. The minimum absolute atomic E-state index is 0.0142. The summed E-state index contributed by atoms with van der Waals surface area (Å²) >= 11 is 11.6. The Bertz CT molecular complexity index is 664. The quantitative estimate of drug-likeness (QED) is 0.863. The van der Waals surface area contributed by atoms with E-state index in [-0.39, 0.29) is 15.9 Å². The van der Waals surface area contributed by atoms with Gasteiger partial charge < -0.3 is 5.32 Å².